The first-order valence-electron chi connectivity index (χ1n) is 9.67. The van der Waals surface area contributed by atoms with Gasteiger partial charge in [0.1, 0.15) is 11.3 Å². The minimum absolute atomic E-state index is 0.173. The standard InChI is InChI=1S/C20H23N8/c1-27(15-8-3-2-6-13(15)21)17-12-23-18-19(24-17)25-26-20(18)28-11-5-7-14-16(28)9-4-10-22-14/h4-5,7,9-13,15H,2-3,6,8,21H2,1H3,(H,24,25,26)/q+1/t13-,15+/m0/s1. The molecule has 0 radical (unpaired) electrons. The number of likely N-dealkylation sites (N-methyl/N-ethyl adjacent to an activating group) is 1. The molecule has 4 heterocycles. The van der Waals surface area contributed by atoms with Crippen LogP contribution in [0.25, 0.3) is 28.0 Å². The van der Waals surface area contributed by atoms with Crippen molar-refractivity contribution in [2.45, 2.75) is 37.8 Å². The summed E-state index contributed by atoms with van der Waals surface area (Å²) in [7, 11) is 2.05. The zero-order valence-corrected chi connectivity index (χ0v) is 15.8. The molecule has 5 rings (SSSR count). The van der Waals surface area contributed by atoms with Crippen LogP contribution in [0, 0.1) is 0 Å². The summed E-state index contributed by atoms with van der Waals surface area (Å²) in [4.78, 5) is 16.0. The highest BCUT2D eigenvalue weighted by Crippen LogP contribution is 2.25. The van der Waals surface area contributed by atoms with E-state index < -0.39 is 0 Å². The summed E-state index contributed by atoms with van der Waals surface area (Å²) in [6.07, 6.45) is 10.1. The quantitative estimate of drug-likeness (QED) is 0.530. The number of nitrogens with two attached hydrogens (primary N) is 1. The van der Waals surface area contributed by atoms with Crippen LogP contribution < -0.4 is 15.2 Å². The highest BCUT2D eigenvalue weighted by molar-refractivity contribution is 5.78. The molecular weight excluding hydrogens is 352 g/mol. The first-order chi connectivity index (χ1) is 13.7. The average Bonchev–Trinajstić information content (AvgIpc) is 3.16. The largest absolute Gasteiger partial charge is 0.383 e. The molecule has 8 heteroatoms. The highest BCUT2D eigenvalue weighted by Gasteiger charge is 2.28. The van der Waals surface area contributed by atoms with Gasteiger partial charge in [0.25, 0.3) is 0 Å². The molecule has 4 aromatic rings. The monoisotopic (exact) mass is 375 g/mol. The second kappa shape index (κ2) is 6.79. The Morgan fingerprint density at radius 3 is 2.96 bits per heavy atom. The Balaban J connectivity index is 1.55. The lowest BCUT2D eigenvalue weighted by Gasteiger charge is -2.36. The van der Waals surface area contributed by atoms with Crippen molar-refractivity contribution in [3.05, 3.63) is 42.9 Å². The molecule has 28 heavy (non-hydrogen) atoms. The molecule has 1 fully saturated rings. The van der Waals surface area contributed by atoms with Crippen molar-refractivity contribution in [2.24, 2.45) is 5.73 Å². The van der Waals surface area contributed by atoms with Gasteiger partial charge in [-0.05, 0) is 37.1 Å². The van der Waals surface area contributed by atoms with Gasteiger partial charge >= 0.3 is 5.82 Å². The first-order valence-corrected chi connectivity index (χ1v) is 9.67. The van der Waals surface area contributed by atoms with Crippen molar-refractivity contribution in [2.75, 3.05) is 11.9 Å². The first kappa shape index (κ1) is 17.0. The zero-order chi connectivity index (χ0) is 19.1. The predicted molar refractivity (Wildman–Crippen MR) is 107 cm³/mol. The lowest BCUT2D eigenvalue weighted by molar-refractivity contribution is -0.569. The van der Waals surface area contributed by atoms with Gasteiger partial charge < -0.3 is 10.6 Å². The van der Waals surface area contributed by atoms with Crippen molar-refractivity contribution >= 4 is 28.0 Å². The summed E-state index contributed by atoms with van der Waals surface area (Å²) in [6.45, 7) is 0. The molecule has 8 nitrogen and oxygen atoms in total. The molecule has 0 bridgehead atoms. The number of aromatic amines is 1. The predicted octanol–water partition coefficient (Wildman–Crippen LogP) is 1.88. The van der Waals surface area contributed by atoms with Crippen molar-refractivity contribution in [3.63, 3.8) is 0 Å². The summed E-state index contributed by atoms with van der Waals surface area (Å²) in [5.41, 5.74) is 9.60. The van der Waals surface area contributed by atoms with Gasteiger partial charge in [0, 0.05) is 25.3 Å². The van der Waals surface area contributed by atoms with Crippen LogP contribution in [0.3, 0.4) is 0 Å². The second-order valence-corrected chi connectivity index (χ2v) is 7.39. The molecule has 0 aromatic carbocycles. The van der Waals surface area contributed by atoms with Gasteiger partial charge in [0.05, 0.1) is 17.5 Å². The Morgan fingerprint density at radius 1 is 1.18 bits per heavy atom. The molecule has 0 aliphatic heterocycles. The van der Waals surface area contributed by atoms with Gasteiger partial charge in [-0.2, -0.15) is 9.67 Å². The van der Waals surface area contributed by atoms with E-state index in [4.69, 9.17) is 10.7 Å². The molecule has 2 atom stereocenters. The summed E-state index contributed by atoms with van der Waals surface area (Å²) in [6, 6.07) is 8.33. The highest BCUT2D eigenvalue weighted by atomic mass is 15.3. The SMILES string of the molecule is CN(c1cnc2c(-[n+]3cccc4ncccc43)n[nH]c2n1)[C@@H]1CCCC[C@@H]1N. The maximum atomic E-state index is 6.34. The Bertz CT molecular complexity index is 1130. The van der Waals surface area contributed by atoms with Gasteiger partial charge in [-0.3, -0.25) is 4.98 Å². The number of H-pyrrole nitrogens is 1. The van der Waals surface area contributed by atoms with Crippen molar-refractivity contribution in [1.82, 2.24) is 25.1 Å². The molecule has 0 unspecified atom stereocenters. The fraction of sp³-hybridized carbons (Fsp3) is 0.350. The number of hydrogen-bond acceptors (Lipinski definition) is 6. The number of nitrogens with one attached hydrogen (secondary N) is 1. The summed E-state index contributed by atoms with van der Waals surface area (Å²) in [5, 5.41) is 7.52. The third-order valence-electron chi connectivity index (χ3n) is 5.67. The normalized spacial score (nSPS) is 19.9. The Hall–Kier alpha value is -3.13. The molecule has 4 aromatic heterocycles. The number of rotatable bonds is 3. The third-order valence-corrected chi connectivity index (χ3v) is 5.67. The number of anilines is 1. The van der Waals surface area contributed by atoms with E-state index in [0.29, 0.717) is 17.5 Å². The van der Waals surface area contributed by atoms with E-state index in [-0.39, 0.29) is 6.04 Å². The molecular formula is C20H23N8+. The molecule has 0 spiro atoms. The van der Waals surface area contributed by atoms with E-state index in [1.807, 2.05) is 48.3 Å². The topological polar surface area (TPSA) is 100 Å². The van der Waals surface area contributed by atoms with Gasteiger partial charge in [-0.15, -0.1) is 0 Å². The number of fused-ring (bicyclic) bond motifs is 2. The third kappa shape index (κ3) is 2.77. The lowest BCUT2D eigenvalue weighted by Crippen LogP contribution is -2.48. The van der Waals surface area contributed by atoms with Crippen LogP contribution in [0.4, 0.5) is 5.82 Å². The number of pyridine rings is 2. The van der Waals surface area contributed by atoms with E-state index >= 15 is 0 Å². The average molecular weight is 375 g/mol. The van der Waals surface area contributed by atoms with Gasteiger partial charge in [-0.1, -0.05) is 12.8 Å². The minimum Gasteiger partial charge on any atom is -0.354 e. The summed E-state index contributed by atoms with van der Waals surface area (Å²) >= 11 is 0. The Kier molecular flexibility index (Phi) is 4.12. The van der Waals surface area contributed by atoms with Crippen LogP contribution in [0.5, 0.6) is 0 Å². The van der Waals surface area contributed by atoms with Crippen LogP contribution in [-0.2, 0) is 0 Å². The molecule has 0 amide bonds. The number of nitrogens with zero attached hydrogens (tertiary/aromatic N) is 6. The van der Waals surface area contributed by atoms with Crippen molar-refractivity contribution < 1.29 is 4.57 Å². The molecule has 142 valence electrons. The van der Waals surface area contributed by atoms with E-state index in [1.54, 1.807) is 6.20 Å². The molecule has 1 saturated carbocycles. The van der Waals surface area contributed by atoms with Crippen LogP contribution in [0.1, 0.15) is 25.7 Å². The Labute approximate surface area is 162 Å². The zero-order valence-electron chi connectivity index (χ0n) is 15.8. The maximum Gasteiger partial charge on any atom is 0.383 e. The number of aromatic nitrogens is 6. The van der Waals surface area contributed by atoms with Crippen molar-refractivity contribution in [3.8, 4) is 5.82 Å². The smallest absolute Gasteiger partial charge is 0.354 e. The van der Waals surface area contributed by atoms with Crippen LogP contribution in [0.15, 0.2) is 42.9 Å². The fourth-order valence-electron chi connectivity index (χ4n) is 4.14. The Morgan fingerprint density at radius 2 is 2.07 bits per heavy atom. The maximum absolute atomic E-state index is 6.34. The summed E-state index contributed by atoms with van der Waals surface area (Å²) < 4.78 is 1.98. The van der Waals surface area contributed by atoms with Crippen molar-refractivity contribution in [1.29, 1.82) is 0 Å². The van der Waals surface area contributed by atoms with Crippen LogP contribution >= 0.6 is 0 Å². The van der Waals surface area contributed by atoms with E-state index in [9.17, 15) is 0 Å². The molecule has 0 saturated heterocycles. The fourth-order valence-corrected chi connectivity index (χ4v) is 4.14. The molecule has 3 N–H and O–H groups in total. The van der Waals surface area contributed by atoms with Crippen LogP contribution in [-0.4, -0.2) is 44.3 Å². The second-order valence-electron chi connectivity index (χ2n) is 7.39. The van der Waals surface area contributed by atoms with Gasteiger partial charge in [-0.25, -0.2) is 9.97 Å². The minimum atomic E-state index is 0.173. The lowest BCUT2D eigenvalue weighted by atomic mass is 9.90. The van der Waals surface area contributed by atoms with E-state index in [2.05, 4.69) is 25.1 Å². The van der Waals surface area contributed by atoms with Gasteiger partial charge in [0.15, 0.2) is 5.52 Å². The van der Waals surface area contributed by atoms with E-state index in [0.717, 1.165) is 35.2 Å². The van der Waals surface area contributed by atoms with E-state index in [1.165, 1.54) is 12.8 Å². The summed E-state index contributed by atoms with van der Waals surface area (Å²) in [5.74, 6) is 1.53. The molecule has 1 aliphatic rings. The van der Waals surface area contributed by atoms with Crippen LogP contribution in [0.2, 0.25) is 0 Å². The molecule has 1 aliphatic carbocycles. The van der Waals surface area contributed by atoms with Gasteiger partial charge in [0.2, 0.25) is 11.2 Å². The number of hydrogen-bond donors (Lipinski definition) is 2.